The number of carbonyl (C=O) groups is 1. The monoisotopic (exact) mass is 430 g/mol. The molecule has 168 valence electrons. The van der Waals surface area contributed by atoms with Crippen LogP contribution < -0.4 is 0 Å². The van der Waals surface area contributed by atoms with E-state index in [9.17, 15) is 4.79 Å². The van der Waals surface area contributed by atoms with Gasteiger partial charge in [0.15, 0.2) is 8.32 Å². The Morgan fingerprint density at radius 3 is 2.33 bits per heavy atom. The van der Waals surface area contributed by atoms with Crippen LogP contribution in [-0.4, -0.2) is 26.5 Å². The number of ether oxygens (including phenoxy) is 1. The predicted octanol–water partition coefficient (Wildman–Crippen LogP) is 6.91. The SMILES string of the molecule is CC(C)(C)[Si](C)(C)O[C@H](CCc1ccccc1)C[C@H]1OC(=O)[C@]1(C)C1CCCCC1. The smallest absolute Gasteiger partial charge is 0.316 e. The van der Waals surface area contributed by atoms with Gasteiger partial charge >= 0.3 is 5.97 Å². The predicted molar refractivity (Wildman–Crippen MR) is 126 cm³/mol. The molecular weight excluding hydrogens is 388 g/mol. The van der Waals surface area contributed by atoms with Gasteiger partial charge in [-0.25, -0.2) is 0 Å². The third-order valence-corrected chi connectivity index (χ3v) is 12.7. The van der Waals surface area contributed by atoms with Crippen molar-refractivity contribution in [1.82, 2.24) is 0 Å². The highest BCUT2D eigenvalue weighted by Gasteiger charge is 2.59. The first-order chi connectivity index (χ1) is 14.0. The zero-order valence-corrected chi connectivity index (χ0v) is 21.0. The number of carbonyl (C=O) groups excluding carboxylic acids is 1. The molecule has 1 aliphatic heterocycles. The molecule has 3 atom stereocenters. The fourth-order valence-corrected chi connectivity index (χ4v) is 6.31. The Morgan fingerprint density at radius 2 is 1.77 bits per heavy atom. The molecule has 0 unspecified atom stereocenters. The summed E-state index contributed by atoms with van der Waals surface area (Å²) >= 11 is 0. The van der Waals surface area contributed by atoms with Crippen molar-refractivity contribution >= 4 is 14.3 Å². The standard InChI is InChI=1S/C26H42O3Si/c1-25(2,3)30(5,6)29-22(18-17-20-13-9-7-10-14-20)19-23-26(4,24(27)28-23)21-15-11-8-12-16-21/h7,9-10,13-14,21-23H,8,11-12,15-19H2,1-6H3/t22-,23-,26-/m1/s1. The minimum Gasteiger partial charge on any atom is -0.461 e. The van der Waals surface area contributed by atoms with Crippen molar-refractivity contribution in [2.24, 2.45) is 11.3 Å². The van der Waals surface area contributed by atoms with E-state index in [4.69, 9.17) is 9.16 Å². The molecule has 1 saturated heterocycles. The molecule has 2 fully saturated rings. The molecule has 4 heteroatoms. The number of esters is 1. The normalized spacial score (nSPS) is 26.7. The van der Waals surface area contributed by atoms with Crippen LogP contribution in [0.15, 0.2) is 30.3 Å². The van der Waals surface area contributed by atoms with Gasteiger partial charge in [0.25, 0.3) is 0 Å². The number of hydrogen-bond acceptors (Lipinski definition) is 3. The van der Waals surface area contributed by atoms with E-state index in [1.807, 2.05) is 0 Å². The van der Waals surface area contributed by atoms with Gasteiger partial charge in [0, 0.05) is 12.5 Å². The van der Waals surface area contributed by atoms with Crippen molar-refractivity contribution in [2.45, 2.75) is 109 Å². The van der Waals surface area contributed by atoms with Crippen molar-refractivity contribution < 1.29 is 14.0 Å². The van der Waals surface area contributed by atoms with E-state index in [1.54, 1.807) is 0 Å². The van der Waals surface area contributed by atoms with Gasteiger partial charge < -0.3 is 9.16 Å². The molecule has 2 aliphatic rings. The minimum atomic E-state index is -1.90. The van der Waals surface area contributed by atoms with Crippen molar-refractivity contribution in [3.8, 4) is 0 Å². The number of benzene rings is 1. The Balaban J connectivity index is 1.73. The first-order valence-corrected chi connectivity index (χ1v) is 14.9. The van der Waals surface area contributed by atoms with Gasteiger partial charge in [-0.3, -0.25) is 4.79 Å². The molecule has 0 spiro atoms. The van der Waals surface area contributed by atoms with Gasteiger partial charge in [0.1, 0.15) is 11.5 Å². The third kappa shape index (κ3) is 5.02. The average Bonchev–Trinajstić information content (AvgIpc) is 2.71. The van der Waals surface area contributed by atoms with Crippen LogP contribution in [0.1, 0.15) is 78.2 Å². The average molecular weight is 431 g/mol. The van der Waals surface area contributed by atoms with Gasteiger partial charge in [-0.15, -0.1) is 0 Å². The van der Waals surface area contributed by atoms with E-state index in [2.05, 4.69) is 71.1 Å². The highest BCUT2D eigenvalue weighted by molar-refractivity contribution is 6.74. The van der Waals surface area contributed by atoms with Crippen LogP contribution in [-0.2, 0) is 20.4 Å². The molecule has 1 saturated carbocycles. The van der Waals surface area contributed by atoms with Crippen LogP contribution >= 0.6 is 0 Å². The summed E-state index contributed by atoms with van der Waals surface area (Å²) in [5, 5.41) is 0.168. The maximum Gasteiger partial charge on any atom is 0.316 e. The molecule has 0 bridgehead atoms. The lowest BCUT2D eigenvalue weighted by molar-refractivity contribution is -0.220. The van der Waals surface area contributed by atoms with Gasteiger partial charge in [-0.05, 0) is 62.2 Å². The summed E-state index contributed by atoms with van der Waals surface area (Å²) in [4.78, 5) is 12.6. The van der Waals surface area contributed by atoms with Crippen molar-refractivity contribution in [1.29, 1.82) is 0 Å². The lowest BCUT2D eigenvalue weighted by atomic mass is 9.63. The quantitative estimate of drug-likeness (QED) is 0.332. The summed E-state index contributed by atoms with van der Waals surface area (Å²) in [7, 11) is -1.90. The Morgan fingerprint density at radius 1 is 1.13 bits per heavy atom. The summed E-state index contributed by atoms with van der Waals surface area (Å²) in [5.41, 5.74) is 1.03. The Labute approximate surface area is 185 Å². The van der Waals surface area contributed by atoms with Crippen LogP contribution in [0, 0.1) is 11.3 Å². The first kappa shape index (κ1) is 23.5. The molecule has 0 N–H and O–H groups in total. The topological polar surface area (TPSA) is 35.5 Å². The van der Waals surface area contributed by atoms with E-state index in [-0.39, 0.29) is 28.6 Å². The second-order valence-electron chi connectivity index (χ2n) is 11.3. The lowest BCUT2D eigenvalue weighted by Gasteiger charge is -2.51. The molecule has 0 amide bonds. The second kappa shape index (κ2) is 9.16. The Kier molecular flexibility index (Phi) is 7.18. The molecule has 30 heavy (non-hydrogen) atoms. The van der Waals surface area contributed by atoms with Gasteiger partial charge in [-0.1, -0.05) is 70.4 Å². The van der Waals surface area contributed by atoms with Crippen molar-refractivity contribution in [3.63, 3.8) is 0 Å². The largest absolute Gasteiger partial charge is 0.461 e. The summed E-state index contributed by atoms with van der Waals surface area (Å²) < 4.78 is 12.7. The number of hydrogen-bond donors (Lipinski definition) is 0. The maximum atomic E-state index is 12.6. The Hall–Kier alpha value is -1.13. The van der Waals surface area contributed by atoms with E-state index in [0.29, 0.717) is 5.92 Å². The van der Waals surface area contributed by atoms with Crippen molar-refractivity contribution in [3.05, 3.63) is 35.9 Å². The summed E-state index contributed by atoms with van der Waals surface area (Å²) in [6.45, 7) is 13.7. The van der Waals surface area contributed by atoms with Crippen LogP contribution in [0.5, 0.6) is 0 Å². The van der Waals surface area contributed by atoms with E-state index in [0.717, 1.165) is 19.3 Å². The van der Waals surface area contributed by atoms with Crippen LogP contribution in [0.3, 0.4) is 0 Å². The first-order valence-electron chi connectivity index (χ1n) is 12.0. The van der Waals surface area contributed by atoms with Gasteiger partial charge in [0.05, 0.1) is 0 Å². The molecule has 0 radical (unpaired) electrons. The summed E-state index contributed by atoms with van der Waals surface area (Å²) in [6.07, 6.45) is 9.08. The molecular formula is C26H42O3Si. The summed E-state index contributed by atoms with van der Waals surface area (Å²) in [5.74, 6) is 0.494. The van der Waals surface area contributed by atoms with Crippen LogP contribution in [0.2, 0.25) is 18.1 Å². The zero-order valence-electron chi connectivity index (χ0n) is 20.0. The molecule has 1 aromatic rings. The molecule has 1 heterocycles. The highest BCUT2D eigenvalue weighted by Crippen LogP contribution is 2.51. The molecule has 0 aromatic heterocycles. The van der Waals surface area contributed by atoms with E-state index < -0.39 is 8.32 Å². The number of cyclic esters (lactones) is 1. The molecule has 3 nitrogen and oxygen atoms in total. The van der Waals surface area contributed by atoms with Crippen LogP contribution in [0.4, 0.5) is 0 Å². The zero-order chi connectivity index (χ0) is 22.0. The van der Waals surface area contributed by atoms with E-state index in [1.165, 1.54) is 37.7 Å². The number of rotatable bonds is 8. The highest BCUT2D eigenvalue weighted by atomic mass is 28.4. The molecule has 1 aliphatic carbocycles. The minimum absolute atomic E-state index is 0.00126. The summed E-state index contributed by atoms with van der Waals surface area (Å²) in [6, 6.07) is 10.7. The maximum absolute atomic E-state index is 12.6. The fourth-order valence-electron chi connectivity index (χ4n) is 4.91. The lowest BCUT2D eigenvalue weighted by Crippen LogP contribution is -2.60. The second-order valence-corrected chi connectivity index (χ2v) is 16.0. The van der Waals surface area contributed by atoms with E-state index >= 15 is 0 Å². The van der Waals surface area contributed by atoms with Crippen molar-refractivity contribution in [2.75, 3.05) is 0 Å². The Bertz CT molecular complexity index is 703. The third-order valence-electron chi connectivity index (χ3n) is 8.15. The fraction of sp³-hybridized carbons (Fsp3) is 0.731. The molecule has 3 rings (SSSR count). The molecule has 1 aromatic carbocycles. The number of aryl methyl sites for hydroxylation is 1. The van der Waals surface area contributed by atoms with Crippen LogP contribution in [0.25, 0.3) is 0 Å². The van der Waals surface area contributed by atoms with Gasteiger partial charge in [0.2, 0.25) is 0 Å². The van der Waals surface area contributed by atoms with Gasteiger partial charge in [-0.2, -0.15) is 0 Å².